The maximum Gasteiger partial charge on any atom is 0.270 e. The van der Waals surface area contributed by atoms with E-state index in [1.54, 1.807) is 30.5 Å². The van der Waals surface area contributed by atoms with Crippen LogP contribution in [0.4, 0.5) is 11.4 Å². The standard InChI is InChI=1S/C20H16N4O/c21-13-16-8-4-5-9-18(16)24-17-10-11-22-19(12-17)20(25)23-14-15-6-2-1-3-7-15/h1-12H,14H2,(H,22,24)(H,23,25). The Morgan fingerprint density at radius 3 is 2.60 bits per heavy atom. The van der Waals surface area contributed by atoms with Gasteiger partial charge in [0, 0.05) is 18.4 Å². The van der Waals surface area contributed by atoms with Gasteiger partial charge in [-0.25, -0.2) is 0 Å². The van der Waals surface area contributed by atoms with E-state index in [1.807, 2.05) is 42.5 Å². The number of carbonyl (C=O) groups is 1. The molecule has 0 saturated carbocycles. The van der Waals surface area contributed by atoms with Crippen molar-refractivity contribution in [1.29, 1.82) is 5.26 Å². The molecule has 3 aromatic rings. The molecule has 5 heteroatoms. The summed E-state index contributed by atoms with van der Waals surface area (Å²) in [6, 6.07) is 22.4. The molecule has 0 fully saturated rings. The zero-order valence-electron chi connectivity index (χ0n) is 13.4. The van der Waals surface area contributed by atoms with Crippen LogP contribution in [-0.4, -0.2) is 10.9 Å². The SMILES string of the molecule is N#Cc1ccccc1Nc1ccnc(C(=O)NCc2ccccc2)c1. The lowest BCUT2D eigenvalue weighted by atomic mass is 10.2. The van der Waals surface area contributed by atoms with Gasteiger partial charge in [0.1, 0.15) is 11.8 Å². The van der Waals surface area contributed by atoms with E-state index in [0.29, 0.717) is 29.2 Å². The van der Waals surface area contributed by atoms with Crippen LogP contribution in [0.3, 0.4) is 0 Å². The van der Waals surface area contributed by atoms with Crippen molar-refractivity contribution in [3.8, 4) is 6.07 Å². The van der Waals surface area contributed by atoms with Gasteiger partial charge in [0.15, 0.2) is 0 Å². The highest BCUT2D eigenvalue weighted by atomic mass is 16.1. The van der Waals surface area contributed by atoms with Crippen LogP contribution in [0.25, 0.3) is 0 Å². The number of nitrogens with zero attached hydrogens (tertiary/aromatic N) is 2. The maximum absolute atomic E-state index is 12.3. The van der Waals surface area contributed by atoms with Crippen LogP contribution < -0.4 is 10.6 Å². The summed E-state index contributed by atoms with van der Waals surface area (Å²) in [6.07, 6.45) is 1.56. The molecule has 0 aliphatic rings. The van der Waals surface area contributed by atoms with Gasteiger partial charge in [-0.2, -0.15) is 5.26 Å². The van der Waals surface area contributed by atoms with E-state index in [9.17, 15) is 4.79 Å². The minimum absolute atomic E-state index is 0.249. The fraction of sp³-hybridized carbons (Fsp3) is 0.0500. The minimum atomic E-state index is -0.249. The van der Waals surface area contributed by atoms with E-state index in [2.05, 4.69) is 21.7 Å². The topological polar surface area (TPSA) is 77.8 Å². The van der Waals surface area contributed by atoms with Crippen molar-refractivity contribution in [2.45, 2.75) is 6.54 Å². The average Bonchev–Trinajstić information content (AvgIpc) is 2.67. The number of hydrogen-bond acceptors (Lipinski definition) is 4. The average molecular weight is 328 g/mol. The molecular formula is C20H16N4O. The predicted molar refractivity (Wildman–Crippen MR) is 96.3 cm³/mol. The van der Waals surface area contributed by atoms with E-state index in [4.69, 9.17) is 5.26 Å². The van der Waals surface area contributed by atoms with Crippen LogP contribution in [-0.2, 0) is 6.54 Å². The normalized spacial score (nSPS) is 9.88. The molecule has 0 bridgehead atoms. The first-order chi connectivity index (χ1) is 12.3. The Kier molecular flexibility index (Phi) is 5.03. The number of nitrogens with one attached hydrogen (secondary N) is 2. The highest BCUT2D eigenvalue weighted by Crippen LogP contribution is 2.20. The van der Waals surface area contributed by atoms with Gasteiger partial charge in [-0.05, 0) is 29.8 Å². The molecule has 0 aliphatic heterocycles. The Hall–Kier alpha value is -3.65. The van der Waals surface area contributed by atoms with Crippen molar-refractivity contribution < 1.29 is 4.79 Å². The quantitative estimate of drug-likeness (QED) is 0.750. The molecule has 3 rings (SSSR count). The molecule has 1 amide bonds. The molecule has 1 aromatic heterocycles. The van der Waals surface area contributed by atoms with E-state index < -0.39 is 0 Å². The molecule has 0 spiro atoms. The number of anilines is 2. The summed E-state index contributed by atoms with van der Waals surface area (Å²) >= 11 is 0. The van der Waals surface area contributed by atoms with Crippen molar-refractivity contribution in [2.24, 2.45) is 0 Å². The first-order valence-corrected chi connectivity index (χ1v) is 7.80. The second-order valence-electron chi connectivity index (χ2n) is 5.38. The van der Waals surface area contributed by atoms with E-state index >= 15 is 0 Å². The summed E-state index contributed by atoms with van der Waals surface area (Å²) in [5.74, 6) is -0.249. The molecule has 122 valence electrons. The van der Waals surface area contributed by atoms with Crippen LogP contribution in [0.2, 0.25) is 0 Å². The Labute approximate surface area is 146 Å². The molecule has 0 atom stereocenters. The number of amides is 1. The molecule has 1 heterocycles. The number of aromatic nitrogens is 1. The van der Waals surface area contributed by atoms with Gasteiger partial charge >= 0.3 is 0 Å². The third-order valence-electron chi connectivity index (χ3n) is 3.61. The van der Waals surface area contributed by atoms with E-state index in [0.717, 1.165) is 5.56 Å². The third-order valence-corrected chi connectivity index (χ3v) is 3.61. The summed E-state index contributed by atoms with van der Waals surface area (Å²) in [5.41, 5.74) is 3.26. The molecule has 0 aliphatic carbocycles. The van der Waals surface area contributed by atoms with Gasteiger partial charge in [-0.3, -0.25) is 9.78 Å². The molecule has 2 aromatic carbocycles. The van der Waals surface area contributed by atoms with Crippen LogP contribution in [0.15, 0.2) is 72.9 Å². The molecule has 0 unspecified atom stereocenters. The molecule has 25 heavy (non-hydrogen) atoms. The summed E-state index contributed by atoms with van der Waals surface area (Å²) in [7, 11) is 0. The lowest BCUT2D eigenvalue weighted by Gasteiger charge is -2.09. The molecular weight excluding hydrogens is 312 g/mol. The summed E-state index contributed by atoms with van der Waals surface area (Å²) in [6.45, 7) is 0.441. The number of para-hydroxylation sites is 1. The minimum Gasteiger partial charge on any atom is -0.354 e. The molecule has 0 radical (unpaired) electrons. The highest BCUT2D eigenvalue weighted by molar-refractivity contribution is 5.93. The number of pyridine rings is 1. The molecule has 5 nitrogen and oxygen atoms in total. The Bertz CT molecular complexity index is 916. The second-order valence-corrected chi connectivity index (χ2v) is 5.38. The van der Waals surface area contributed by atoms with Crippen molar-refractivity contribution in [3.63, 3.8) is 0 Å². The Balaban J connectivity index is 1.71. The Morgan fingerprint density at radius 1 is 1.04 bits per heavy atom. The largest absolute Gasteiger partial charge is 0.354 e. The number of carbonyl (C=O) groups excluding carboxylic acids is 1. The van der Waals surface area contributed by atoms with Gasteiger partial charge in [0.2, 0.25) is 0 Å². The van der Waals surface area contributed by atoms with Crippen LogP contribution in [0.5, 0.6) is 0 Å². The first-order valence-electron chi connectivity index (χ1n) is 7.80. The first kappa shape index (κ1) is 16.2. The Morgan fingerprint density at radius 2 is 1.80 bits per heavy atom. The van der Waals surface area contributed by atoms with Gasteiger partial charge in [0.25, 0.3) is 5.91 Å². The van der Waals surface area contributed by atoms with Crippen molar-refractivity contribution in [1.82, 2.24) is 10.3 Å². The summed E-state index contributed by atoms with van der Waals surface area (Å²) < 4.78 is 0. The second kappa shape index (κ2) is 7.75. The van der Waals surface area contributed by atoms with Gasteiger partial charge in [-0.1, -0.05) is 42.5 Å². The maximum atomic E-state index is 12.3. The lowest BCUT2D eigenvalue weighted by molar-refractivity contribution is 0.0946. The van der Waals surface area contributed by atoms with Crippen molar-refractivity contribution in [3.05, 3.63) is 89.7 Å². The van der Waals surface area contributed by atoms with Crippen LogP contribution in [0, 0.1) is 11.3 Å². The van der Waals surface area contributed by atoms with Gasteiger partial charge < -0.3 is 10.6 Å². The smallest absolute Gasteiger partial charge is 0.270 e. The van der Waals surface area contributed by atoms with Gasteiger partial charge in [0.05, 0.1) is 11.3 Å². The van der Waals surface area contributed by atoms with E-state index in [-0.39, 0.29) is 5.91 Å². The van der Waals surface area contributed by atoms with Crippen LogP contribution in [0.1, 0.15) is 21.6 Å². The lowest BCUT2D eigenvalue weighted by Crippen LogP contribution is -2.23. The number of nitriles is 1. The molecule has 0 saturated heterocycles. The van der Waals surface area contributed by atoms with Crippen LogP contribution >= 0.6 is 0 Å². The van der Waals surface area contributed by atoms with Crippen molar-refractivity contribution >= 4 is 17.3 Å². The third kappa shape index (κ3) is 4.21. The zero-order valence-corrected chi connectivity index (χ0v) is 13.4. The zero-order chi connectivity index (χ0) is 17.5. The van der Waals surface area contributed by atoms with Gasteiger partial charge in [-0.15, -0.1) is 0 Å². The van der Waals surface area contributed by atoms with Crippen molar-refractivity contribution in [2.75, 3.05) is 5.32 Å². The summed E-state index contributed by atoms with van der Waals surface area (Å²) in [4.78, 5) is 16.4. The fourth-order valence-electron chi connectivity index (χ4n) is 2.35. The number of benzene rings is 2. The number of hydrogen-bond donors (Lipinski definition) is 2. The monoisotopic (exact) mass is 328 g/mol. The fourth-order valence-corrected chi connectivity index (χ4v) is 2.35. The predicted octanol–water partition coefficient (Wildman–Crippen LogP) is 3.63. The summed E-state index contributed by atoms with van der Waals surface area (Å²) in [5, 5.41) is 15.1. The molecule has 2 N–H and O–H groups in total. The highest BCUT2D eigenvalue weighted by Gasteiger charge is 2.09. The van der Waals surface area contributed by atoms with E-state index in [1.165, 1.54) is 0 Å². The number of rotatable bonds is 5.